The van der Waals surface area contributed by atoms with Crippen molar-refractivity contribution in [3.8, 4) is 0 Å². The van der Waals surface area contributed by atoms with E-state index in [0.29, 0.717) is 11.1 Å². The second-order valence-electron chi connectivity index (χ2n) is 7.24. The van der Waals surface area contributed by atoms with Crippen LogP contribution in [0.15, 0.2) is 54.6 Å². The fourth-order valence-electron chi connectivity index (χ4n) is 2.07. The van der Waals surface area contributed by atoms with E-state index in [1.54, 1.807) is 12.1 Å². The van der Waals surface area contributed by atoms with Gasteiger partial charge in [-0.3, -0.25) is 4.79 Å². The summed E-state index contributed by atoms with van der Waals surface area (Å²) in [5.41, 5.74) is 2.76. The monoisotopic (exact) mass is 336 g/mol. The normalized spacial score (nSPS) is 12.0. The maximum absolute atomic E-state index is 12.5. The first-order valence-corrected chi connectivity index (χ1v) is 8.29. The lowest BCUT2D eigenvalue weighted by atomic mass is 9.90. The first-order chi connectivity index (χ1) is 11.7. The Morgan fingerprint density at radius 1 is 0.800 bits per heavy atom. The lowest BCUT2D eigenvalue weighted by Crippen LogP contribution is -2.18. The van der Waals surface area contributed by atoms with Gasteiger partial charge >= 0.3 is 5.97 Å². The lowest BCUT2D eigenvalue weighted by molar-refractivity contribution is -0.121. The van der Waals surface area contributed by atoms with Crippen LogP contribution in [-0.4, -0.2) is 11.8 Å². The van der Waals surface area contributed by atoms with E-state index in [2.05, 4.69) is 0 Å². The highest BCUT2D eigenvalue weighted by Crippen LogP contribution is 2.23. The molecule has 0 aliphatic carbocycles. The summed E-state index contributed by atoms with van der Waals surface area (Å²) in [6.07, 6.45) is 1.41. The molecule has 0 aromatic heterocycles. The molecule has 0 aliphatic rings. The molecule has 0 fully saturated rings. The van der Waals surface area contributed by atoms with Crippen molar-refractivity contribution in [3.63, 3.8) is 0 Å². The fraction of sp³-hybridized carbons (Fsp3) is 0.273. The second-order valence-corrected chi connectivity index (χ2v) is 7.24. The number of aryl methyl sites for hydroxylation is 2. The molecule has 0 saturated heterocycles. The average Bonchev–Trinajstić information content (AvgIpc) is 2.54. The molecule has 0 saturated carbocycles. The number of ketones is 1. The van der Waals surface area contributed by atoms with Gasteiger partial charge in [-0.05, 0) is 26.0 Å². The van der Waals surface area contributed by atoms with Crippen LogP contribution >= 0.6 is 0 Å². The van der Waals surface area contributed by atoms with Gasteiger partial charge in [0.25, 0.3) is 0 Å². The smallest absolute Gasteiger partial charge is 0.343 e. The minimum absolute atomic E-state index is 0.0974. The molecule has 2 aromatic carbocycles. The topological polar surface area (TPSA) is 43.4 Å². The van der Waals surface area contributed by atoms with Crippen molar-refractivity contribution < 1.29 is 14.3 Å². The van der Waals surface area contributed by atoms with Crippen molar-refractivity contribution >= 4 is 17.5 Å². The zero-order valence-electron chi connectivity index (χ0n) is 15.4. The van der Waals surface area contributed by atoms with E-state index < -0.39 is 11.4 Å². The van der Waals surface area contributed by atoms with Crippen molar-refractivity contribution in [2.45, 2.75) is 34.6 Å². The molecule has 2 rings (SSSR count). The Hall–Kier alpha value is -2.68. The summed E-state index contributed by atoms with van der Waals surface area (Å²) in [7, 11) is 0. The quantitative estimate of drug-likeness (QED) is 0.442. The zero-order chi connectivity index (χ0) is 18.6. The molecule has 0 heterocycles. The highest BCUT2D eigenvalue weighted by molar-refractivity contribution is 6.01. The van der Waals surface area contributed by atoms with Gasteiger partial charge in [0.15, 0.2) is 5.78 Å². The first-order valence-electron chi connectivity index (χ1n) is 8.29. The predicted octanol–water partition coefficient (Wildman–Crippen LogP) is 5.12. The Morgan fingerprint density at radius 2 is 1.24 bits per heavy atom. The van der Waals surface area contributed by atoms with Crippen LogP contribution in [0.1, 0.15) is 47.8 Å². The van der Waals surface area contributed by atoms with E-state index in [1.807, 2.05) is 71.0 Å². The molecule has 25 heavy (non-hydrogen) atoms. The first kappa shape index (κ1) is 18.7. The zero-order valence-corrected chi connectivity index (χ0v) is 15.4. The number of rotatable bonds is 4. The number of hydrogen-bond acceptors (Lipinski definition) is 3. The molecule has 0 bridgehead atoms. The number of carbonyl (C=O) groups excluding carboxylic acids is 2. The van der Waals surface area contributed by atoms with Gasteiger partial charge in [0.2, 0.25) is 0 Å². The van der Waals surface area contributed by atoms with E-state index in [9.17, 15) is 9.59 Å². The molecule has 0 aliphatic heterocycles. The lowest BCUT2D eigenvalue weighted by Gasteiger charge is -2.16. The standard InChI is InChI=1S/C22H24O3/c1-15-6-10-17(11-7-15)19(14-20(23)22(3,4)5)25-21(24)18-12-8-16(2)9-13-18/h6-14H,1-5H3/b19-14+. The van der Waals surface area contributed by atoms with Crippen molar-refractivity contribution in [1.82, 2.24) is 0 Å². The Morgan fingerprint density at radius 3 is 1.68 bits per heavy atom. The van der Waals surface area contributed by atoms with Gasteiger partial charge in [-0.25, -0.2) is 4.79 Å². The average molecular weight is 336 g/mol. The molecule has 3 heteroatoms. The van der Waals surface area contributed by atoms with E-state index in [0.717, 1.165) is 11.1 Å². The van der Waals surface area contributed by atoms with Gasteiger partial charge in [-0.15, -0.1) is 0 Å². The highest BCUT2D eigenvalue weighted by atomic mass is 16.5. The van der Waals surface area contributed by atoms with Crippen LogP contribution in [-0.2, 0) is 9.53 Å². The van der Waals surface area contributed by atoms with Crippen molar-refractivity contribution in [1.29, 1.82) is 0 Å². The highest BCUT2D eigenvalue weighted by Gasteiger charge is 2.22. The summed E-state index contributed by atoms with van der Waals surface area (Å²) >= 11 is 0. The minimum Gasteiger partial charge on any atom is -0.422 e. The van der Waals surface area contributed by atoms with Crippen LogP contribution in [0.25, 0.3) is 5.76 Å². The number of benzene rings is 2. The summed E-state index contributed by atoms with van der Waals surface area (Å²) < 4.78 is 5.57. The molecule has 0 N–H and O–H groups in total. The Labute approximate surface area is 149 Å². The Bertz CT molecular complexity index is 789. The molecule has 0 unspecified atom stereocenters. The number of hydrogen-bond donors (Lipinski definition) is 0. The van der Waals surface area contributed by atoms with E-state index in [-0.39, 0.29) is 11.5 Å². The summed E-state index contributed by atoms with van der Waals surface area (Å²) in [6, 6.07) is 14.7. The van der Waals surface area contributed by atoms with Crippen LogP contribution in [0.3, 0.4) is 0 Å². The van der Waals surface area contributed by atoms with Crippen molar-refractivity contribution in [2.24, 2.45) is 5.41 Å². The third kappa shape index (κ3) is 5.15. The second kappa shape index (κ2) is 7.47. The number of ether oxygens (including phenoxy) is 1. The summed E-state index contributed by atoms with van der Waals surface area (Å²) in [6.45, 7) is 9.43. The van der Waals surface area contributed by atoms with Crippen LogP contribution in [0, 0.1) is 19.3 Å². The molecule has 0 atom stereocenters. The molecule has 130 valence electrons. The maximum Gasteiger partial charge on any atom is 0.343 e. The van der Waals surface area contributed by atoms with E-state index in [4.69, 9.17) is 4.74 Å². The van der Waals surface area contributed by atoms with E-state index in [1.165, 1.54) is 6.08 Å². The largest absolute Gasteiger partial charge is 0.422 e. The Balaban J connectivity index is 2.36. The maximum atomic E-state index is 12.5. The Kier molecular flexibility index (Phi) is 5.58. The van der Waals surface area contributed by atoms with Crippen LogP contribution in [0.5, 0.6) is 0 Å². The van der Waals surface area contributed by atoms with E-state index >= 15 is 0 Å². The predicted molar refractivity (Wildman–Crippen MR) is 100 cm³/mol. The van der Waals surface area contributed by atoms with Gasteiger partial charge in [0, 0.05) is 17.1 Å². The molecular weight excluding hydrogens is 312 g/mol. The summed E-state index contributed by atoms with van der Waals surface area (Å²) in [4.78, 5) is 24.9. The number of carbonyl (C=O) groups is 2. The van der Waals surface area contributed by atoms with Crippen molar-refractivity contribution in [3.05, 3.63) is 76.9 Å². The number of allylic oxidation sites excluding steroid dienone is 1. The fourth-order valence-corrected chi connectivity index (χ4v) is 2.07. The molecule has 3 nitrogen and oxygen atoms in total. The SMILES string of the molecule is Cc1ccc(C(=O)O/C(=C/C(=O)C(C)(C)C)c2ccc(C)cc2)cc1. The molecule has 0 spiro atoms. The summed E-state index contributed by atoms with van der Waals surface area (Å²) in [5.74, 6) is -0.307. The minimum atomic E-state index is -0.549. The third-order valence-electron chi connectivity index (χ3n) is 3.83. The molecule has 2 aromatic rings. The van der Waals surface area contributed by atoms with Gasteiger partial charge in [-0.1, -0.05) is 68.3 Å². The van der Waals surface area contributed by atoms with Crippen LogP contribution in [0.4, 0.5) is 0 Å². The third-order valence-corrected chi connectivity index (χ3v) is 3.83. The molecule has 0 radical (unpaired) electrons. The van der Waals surface area contributed by atoms with Gasteiger partial charge in [0.1, 0.15) is 5.76 Å². The van der Waals surface area contributed by atoms with Crippen LogP contribution in [0.2, 0.25) is 0 Å². The van der Waals surface area contributed by atoms with Gasteiger partial charge in [0.05, 0.1) is 5.56 Å². The number of esters is 1. The van der Waals surface area contributed by atoms with Gasteiger partial charge < -0.3 is 4.74 Å². The van der Waals surface area contributed by atoms with Gasteiger partial charge in [-0.2, -0.15) is 0 Å². The van der Waals surface area contributed by atoms with Crippen molar-refractivity contribution in [2.75, 3.05) is 0 Å². The molecule has 0 amide bonds. The summed E-state index contributed by atoms with van der Waals surface area (Å²) in [5, 5.41) is 0. The van der Waals surface area contributed by atoms with Crippen LogP contribution < -0.4 is 0 Å². The molecular formula is C22H24O3.